The number of halogens is 1. The quantitative estimate of drug-likeness (QED) is 0.774. The maximum Gasteiger partial charge on any atom is 0.193 e. The zero-order valence-corrected chi connectivity index (χ0v) is 10.2. The summed E-state index contributed by atoms with van der Waals surface area (Å²) in [5.74, 6) is -0.581. The van der Waals surface area contributed by atoms with Crippen LogP contribution in [0.15, 0.2) is 42.5 Å². The Morgan fingerprint density at radius 2 is 1.89 bits per heavy atom. The van der Waals surface area contributed by atoms with E-state index in [1.807, 2.05) is 19.1 Å². The highest BCUT2D eigenvalue weighted by Gasteiger charge is 2.13. The minimum atomic E-state index is -0.531. The van der Waals surface area contributed by atoms with Gasteiger partial charge in [-0.3, -0.25) is 4.79 Å². The summed E-state index contributed by atoms with van der Waals surface area (Å²) in [5, 5.41) is 0. The van der Waals surface area contributed by atoms with Gasteiger partial charge in [-0.05, 0) is 30.7 Å². The Balaban J connectivity index is 2.41. The number of carbonyl (C=O) groups is 1. The molecule has 0 N–H and O–H groups in total. The molecular weight excluding hydrogens is 231 g/mol. The fourth-order valence-corrected chi connectivity index (χ4v) is 1.79. The molecule has 0 fully saturated rings. The molecule has 0 aliphatic heterocycles. The van der Waals surface area contributed by atoms with E-state index in [0.29, 0.717) is 11.1 Å². The molecule has 92 valence electrons. The minimum absolute atomic E-state index is 0.135. The molecule has 0 saturated carbocycles. The molecule has 0 radical (unpaired) electrons. The minimum Gasteiger partial charge on any atom is -0.494 e. The van der Waals surface area contributed by atoms with E-state index in [4.69, 9.17) is 4.74 Å². The van der Waals surface area contributed by atoms with Gasteiger partial charge >= 0.3 is 0 Å². The number of methoxy groups -OCH3 is 1. The average Bonchev–Trinajstić information content (AvgIpc) is 2.38. The maximum atomic E-state index is 13.5. The summed E-state index contributed by atoms with van der Waals surface area (Å²) in [7, 11) is 1.39. The molecule has 0 unspecified atom stereocenters. The number of hydrogen-bond acceptors (Lipinski definition) is 2. The molecular formula is C15H13FO2. The summed E-state index contributed by atoms with van der Waals surface area (Å²) in [6.45, 7) is 1.85. The number of benzene rings is 2. The van der Waals surface area contributed by atoms with Crippen LogP contribution in [0.4, 0.5) is 4.39 Å². The summed E-state index contributed by atoms with van der Waals surface area (Å²) < 4.78 is 18.4. The van der Waals surface area contributed by atoms with E-state index in [2.05, 4.69) is 0 Å². The standard InChI is InChI=1S/C15H13FO2/c1-10-5-3-4-6-12(10)15(17)11-7-8-14(18-2)13(16)9-11/h3-9H,1-2H3. The highest BCUT2D eigenvalue weighted by Crippen LogP contribution is 2.20. The Morgan fingerprint density at radius 1 is 1.17 bits per heavy atom. The molecule has 2 rings (SSSR count). The van der Waals surface area contributed by atoms with Crippen molar-refractivity contribution >= 4 is 5.78 Å². The van der Waals surface area contributed by atoms with E-state index in [1.165, 1.54) is 19.2 Å². The molecule has 0 heterocycles. The van der Waals surface area contributed by atoms with Crippen LogP contribution >= 0.6 is 0 Å². The van der Waals surface area contributed by atoms with Crippen LogP contribution in [-0.2, 0) is 0 Å². The summed E-state index contributed by atoms with van der Waals surface area (Å²) >= 11 is 0. The van der Waals surface area contributed by atoms with E-state index in [9.17, 15) is 9.18 Å². The zero-order chi connectivity index (χ0) is 13.1. The van der Waals surface area contributed by atoms with Gasteiger partial charge in [-0.1, -0.05) is 24.3 Å². The molecule has 0 bridgehead atoms. The van der Waals surface area contributed by atoms with Crippen molar-refractivity contribution in [1.29, 1.82) is 0 Å². The smallest absolute Gasteiger partial charge is 0.193 e. The molecule has 0 spiro atoms. The van der Waals surface area contributed by atoms with Gasteiger partial charge in [0.05, 0.1) is 7.11 Å². The van der Waals surface area contributed by atoms with Crippen LogP contribution in [0, 0.1) is 12.7 Å². The van der Waals surface area contributed by atoms with Crippen molar-refractivity contribution in [3.8, 4) is 5.75 Å². The first-order chi connectivity index (χ1) is 8.63. The predicted molar refractivity (Wildman–Crippen MR) is 67.6 cm³/mol. The van der Waals surface area contributed by atoms with Crippen LogP contribution in [0.1, 0.15) is 21.5 Å². The van der Waals surface area contributed by atoms with Crippen LogP contribution in [0.25, 0.3) is 0 Å². The Hall–Kier alpha value is -2.16. The number of rotatable bonds is 3. The van der Waals surface area contributed by atoms with Crippen LogP contribution in [0.3, 0.4) is 0 Å². The van der Waals surface area contributed by atoms with Crippen molar-refractivity contribution in [3.05, 3.63) is 65.0 Å². The molecule has 2 aromatic carbocycles. The van der Waals surface area contributed by atoms with Crippen LogP contribution < -0.4 is 4.74 Å². The molecule has 0 amide bonds. The van der Waals surface area contributed by atoms with Gasteiger partial charge in [0.15, 0.2) is 17.3 Å². The highest BCUT2D eigenvalue weighted by atomic mass is 19.1. The van der Waals surface area contributed by atoms with Crippen molar-refractivity contribution in [2.45, 2.75) is 6.92 Å². The first-order valence-corrected chi connectivity index (χ1v) is 5.57. The lowest BCUT2D eigenvalue weighted by molar-refractivity contribution is 0.103. The van der Waals surface area contributed by atoms with Crippen molar-refractivity contribution in [3.63, 3.8) is 0 Å². The van der Waals surface area contributed by atoms with Gasteiger partial charge < -0.3 is 4.74 Å². The van der Waals surface area contributed by atoms with E-state index in [1.54, 1.807) is 18.2 Å². The fourth-order valence-electron chi connectivity index (χ4n) is 1.79. The van der Waals surface area contributed by atoms with Gasteiger partial charge in [-0.2, -0.15) is 0 Å². The van der Waals surface area contributed by atoms with E-state index in [-0.39, 0.29) is 11.5 Å². The third kappa shape index (κ3) is 2.25. The SMILES string of the molecule is COc1ccc(C(=O)c2ccccc2C)cc1F. The number of ether oxygens (including phenoxy) is 1. The van der Waals surface area contributed by atoms with Crippen LogP contribution in [-0.4, -0.2) is 12.9 Å². The van der Waals surface area contributed by atoms with Gasteiger partial charge in [0.2, 0.25) is 0 Å². The lowest BCUT2D eigenvalue weighted by atomic mass is 9.99. The van der Waals surface area contributed by atoms with Crippen LogP contribution in [0.5, 0.6) is 5.75 Å². The molecule has 2 nitrogen and oxygen atoms in total. The number of carbonyl (C=O) groups excluding carboxylic acids is 1. The predicted octanol–water partition coefficient (Wildman–Crippen LogP) is 3.37. The topological polar surface area (TPSA) is 26.3 Å². The second kappa shape index (κ2) is 5.00. The molecule has 2 aromatic rings. The Labute approximate surface area is 105 Å². The molecule has 3 heteroatoms. The Morgan fingerprint density at radius 3 is 2.50 bits per heavy atom. The Kier molecular flexibility index (Phi) is 3.42. The summed E-state index contributed by atoms with van der Waals surface area (Å²) in [5.41, 5.74) is 1.78. The van der Waals surface area contributed by atoms with Gasteiger partial charge in [0.1, 0.15) is 0 Å². The molecule has 0 aromatic heterocycles. The first-order valence-electron chi connectivity index (χ1n) is 5.57. The fraction of sp³-hybridized carbons (Fsp3) is 0.133. The first kappa shape index (κ1) is 12.3. The van der Waals surface area contributed by atoms with Crippen molar-refractivity contribution in [2.24, 2.45) is 0 Å². The van der Waals surface area contributed by atoms with E-state index < -0.39 is 5.82 Å². The Bertz CT molecular complexity index is 591. The second-order valence-corrected chi connectivity index (χ2v) is 3.99. The highest BCUT2D eigenvalue weighted by molar-refractivity contribution is 6.09. The monoisotopic (exact) mass is 244 g/mol. The lowest BCUT2D eigenvalue weighted by Crippen LogP contribution is -2.04. The number of aryl methyl sites for hydroxylation is 1. The summed E-state index contributed by atoms with van der Waals surface area (Å²) in [4.78, 5) is 12.2. The van der Waals surface area contributed by atoms with E-state index in [0.717, 1.165) is 5.56 Å². The lowest BCUT2D eigenvalue weighted by Gasteiger charge is -2.06. The third-order valence-corrected chi connectivity index (χ3v) is 2.80. The third-order valence-electron chi connectivity index (χ3n) is 2.80. The van der Waals surface area contributed by atoms with Gasteiger partial charge in [0.25, 0.3) is 0 Å². The zero-order valence-electron chi connectivity index (χ0n) is 10.2. The molecule has 0 saturated heterocycles. The van der Waals surface area contributed by atoms with Gasteiger partial charge in [0, 0.05) is 11.1 Å². The molecule has 0 aliphatic rings. The van der Waals surface area contributed by atoms with Crippen LogP contribution in [0.2, 0.25) is 0 Å². The van der Waals surface area contributed by atoms with Crippen molar-refractivity contribution in [1.82, 2.24) is 0 Å². The maximum absolute atomic E-state index is 13.5. The summed E-state index contributed by atoms with van der Waals surface area (Å²) in [6, 6.07) is 11.5. The average molecular weight is 244 g/mol. The summed E-state index contributed by atoms with van der Waals surface area (Å²) in [6.07, 6.45) is 0. The number of ketones is 1. The van der Waals surface area contributed by atoms with Gasteiger partial charge in [-0.25, -0.2) is 4.39 Å². The number of hydrogen-bond donors (Lipinski definition) is 0. The largest absolute Gasteiger partial charge is 0.494 e. The van der Waals surface area contributed by atoms with Gasteiger partial charge in [-0.15, -0.1) is 0 Å². The molecule has 18 heavy (non-hydrogen) atoms. The normalized spacial score (nSPS) is 10.2. The molecule has 0 atom stereocenters. The second-order valence-electron chi connectivity index (χ2n) is 3.99. The van der Waals surface area contributed by atoms with Crippen molar-refractivity contribution in [2.75, 3.05) is 7.11 Å². The van der Waals surface area contributed by atoms with Crippen molar-refractivity contribution < 1.29 is 13.9 Å². The van der Waals surface area contributed by atoms with E-state index >= 15 is 0 Å². The molecule has 0 aliphatic carbocycles.